The van der Waals surface area contributed by atoms with Gasteiger partial charge in [-0.25, -0.2) is 0 Å². The smallest absolute Gasteiger partial charge is 0.217 e. The van der Waals surface area contributed by atoms with E-state index in [9.17, 15) is 45.6 Å². The van der Waals surface area contributed by atoms with Gasteiger partial charge in [-0.15, -0.1) is 0 Å². The zero-order chi connectivity index (χ0) is 48.3. The summed E-state index contributed by atoms with van der Waals surface area (Å²) < 4.78 is 36.9. The molecule has 3 fully saturated rings. The molecular formula is C50H95NO15. The number of ether oxygens (including phenoxy) is 6. The summed E-state index contributed by atoms with van der Waals surface area (Å²) in [6.45, 7) is 6.15. The quantitative estimate of drug-likeness (QED) is 0.0356. The number of aliphatic hydroxyl groups is 8. The Bertz CT molecular complexity index is 1190. The Kier molecular flexibility index (Phi) is 30.7. The minimum atomic E-state index is -1.83. The van der Waals surface area contributed by atoms with Crippen molar-refractivity contribution in [2.45, 2.75) is 287 Å². The minimum absolute atomic E-state index is 0.175. The lowest BCUT2D eigenvalue weighted by Gasteiger charge is -2.50. The van der Waals surface area contributed by atoms with Crippen molar-refractivity contribution in [1.29, 1.82) is 0 Å². The Labute approximate surface area is 396 Å². The van der Waals surface area contributed by atoms with Crippen LogP contribution in [-0.4, -0.2) is 159 Å². The molecule has 15 atom stereocenters. The van der Waals surface area contributed by atoms with Gasteiger partial charge in [-0.05, 0) is 25.7 Å². The highest BCUT2D eigenvalue weighted by molar-refractivity contribution is 5.73. The molecule has 3 heterocycles. The highest BCUT2D eigenvalue weighted by Gasteiger charge is 2.54. The lowest BCUT2D eigenvalue weighted by Crippen LogP contribution is -2.69. The number of amides is 1. The fourth-order valence-corrected chi connectivity index (χ4v) is 9.61. The summed E-state index contributed by atoms with van der Waals surface area (Å²) in [5.41, 5.74) is 0. The van der Waals surface area contributed by atoms with Crippen LogP contribution in [0.5, 0.6) is 0 Å². The zero-order valence-corrected chi connectivity index (χ0v) is 41.2. The number of hydrogen-bond acceptors (Lipinski definition) is 15. The van der Waals surface area contributed by atoms with Crippen molar-refractivity contribution < 1.29 is 74.1 Å². The molecule has 0 bridgehead atoms. The van der Waals surface area contributed by atoms with Crippen molar-refractivity contribution in [3.63, 3.8) is 0 Å². The number of carbonyl (C=O) groups excluding carboxylic acids is 1. The van der Waals surface area contributed by atoms with Gasteiger partial charge >= 0.3 is 0 Å². The van der Waals surface area contributed by atoms with Gasteiger partial charge in [0.2, 0.25) is 5.91 Å². The van der Waals surface area contributed by atoms with Crippen molar-refractivity contribution in [1.82, 2.24) is 5.32 Å². The van der Waals surface area contributed by atoms with E-state index in [4.69, 9.17) is 28.4 Å². The average molecular weight is 950 g/mol. The molecule has 0 radical (unpaired) electrons. The number of nitrogens with one attached hydrogen (secondary N) is 1. The van der Waals surface area contributed by atoms with Crippen molar-refractivity contribution in [3.8, 4) is 0 Å². The maximum atomic E-state index is 12.9. The first kappa shape index (κ1) is 59.2. The van der Waals surface area contributed by atoms with Crippen LogP contribution in [0, 0.1) is 5.92 Å². The lowest BCUT2D eigenvalue weighted by molar-refractivity contribution is -0.373. The van der Waals surface area contributed by atoms with Crippen LogP contribution in [-0.2, 0) is 33.2 Å². The molecule has 0 spiro atoms. The van der Waals surface area contributed by atoms with E-state index in [-0.39, 0.29) is 12.5 Å². The number of aliphatic hydroxyl groups excluding tert-OH is 8. The van der Waals surface area contributed by atoms with Gasteiger partial charge in [-0.2, -0.15) is 0 Å². The lowest BCUT2D eigenvalue weighted by atomic mass is 9.93. The molecule has 3 aliphatic rings. The van der Waals surface area contributed by atoms with Crippen LogP contribution in [0.1, 0.15) is 195 Å². The molecule has 3 saturated heterocycles. The molecule has 16 nitrogen and oxygen atoms in total. The highest BCUT2D eigenvalue weighted by Crippen LogP contribution is 2.34. The number of rotatable bonds is 36. The van der Waals surface area contributed by atoms with Gasteiger partial charge in [-0.3, -0.25) is 4.79 Å². The van der Waals surface area contributed by atoms with Gasteiger partial charge in [-0.1, -0.05) is 168 Å². The van der Waals surface area contributed by atoms with E-state index in [1.165, 1.54) is 142 Å². The number of carbonyl (C=O) groups is 1. The Morgan fingerprint density at radius 1 is 0.500 bits per heavy atom. The number of hydrogen-bond donors (Lipinski definition) is 9. The average Bonchev–Trinajstić information content (AvgIpc) is 3.30. The van der Waals surface area contributed by atoms with Crippen molar-refractivity contribution in [2.24, 2.45) is 5.92 Å². The SMILES string of the molecule is CCCCCCCCCCCCCCC(CCCCCCCCCCCCCC)CO[C@@H]1O[C@H](CO)[C@@H](O[C@@H]2O[C@H](CO)[C@H](O)[C@H](O)[C@H]2O)[C@H](O[C@H]2O[C@H](C)[C@H](O)[C@H](O)[C@H]2O)[C@H]1NC(C)=O. The van der Waals surface area contributed by atoms with Crippen LogP contribution < -0.4 is 5.32 Å². The normalized spacial score (nSPS) is 32.8. The molecule has 0 aromatic carbocycles. The molecule has 0 unspecified atom stereocenters. The van der Waals surface area contributed by atoms with E-state index >= 15 is 0 Å². The summed E-state index contributed by atoms with van der Waals surface area (Å²) in [5, 5.41) is 87.5. The molecule has 0 aromatic rings. The highest BCUT2D eigenvalue weighted by atomic mass is 16.8. The van der Waals surface area contributed by atoms with Gasteiger partial charge in [0.05, 0.1) is 25.9 Å². The summed E-state index contributed by atoms with van der Waals surface area (Å²) in [7, 11) is 0. The van der Waals surface area contributed by atoms with Crippen LogP contribution >= 0.6 is 0 Å². The summed E-state index contributed by atoms with van der Waals surface area (Å²) in [6, 6.07) is -1.19. The van der Waals surface area contributed by atoms with Crippen LogP contribution in [0.3, 0.4) is 0 Å². The second-order valence-corrected chi connectivity index (χ2v) is 19.6. The van der Waals surface area contributed by atoms with Gasteiger partial charge in [0, 0.05) is 6.92 Å². The molecule has 1 amide bonds. The molecule has 66 heavy (non-hydrogen) atoms. The first-order valence-corrected chi connectivity index (χ1v) is 26.3. The summed E-state index contributed by atoms with van der Waals surface area (Å²) in [5.74, 6) is -0.327. The van der Waals surface area contributed by atoms with E-state index in [0.717, 1.165) is 38.5 Å². The molecule has 9 N–H and O–H groups in total. The fourth-order valence-electron chi connectivity index (χ4n) is 9.61. The molecule has 390 valence electrons. The third-order valence-corrected chi connectivity index (χ3v) is 13.9. The largest absolute Gasteiger partial charge is 0.394 e. The van der Waals surface area contributed by atoms with E-state index in [1.54, 1.807) is 0 Å². The van der Waals surface area contributed by atoms with Crippen molar-refractivity contribution in [3.05, 3.63) is 0 Å². The third-order valence-electron chi connectivity index (χ3n) is 13.9. The molecule has 3 aliphatic heterocycles. The van der Waals surface area contributed by atoms with Crippen molar-refractivity contribution in [2.75, 3.05) is 19.8 Å². The molecule has 0 aliphatic carbocycles. The Balaban J connectivity index is 1.74. The second-order valence-electron chi connectivity index (χ2n) is 19.6. The van der Waals surface area contributed by atoms with Gasteiger partial charge in [0.1, 0.15) is 67.1 Å². The first-order chi connectivity index (χ1) is 31.9. The Hall–Kier alpha value is -1.09. The van der Waals surface area contributed by atoms with E-state index in [1.807, 2.05) is 0 Å². The zero-order valence-electron chi connectivity index (χ0n) is 41.2. The van der Waals surface area contributed by atoms with E-state index < -0.39 is 111 Å². The topological polar surface area (TPSA) is 246 Å². The van der Waals surface area contributed by atoms with E-state index in [0.29, 0.717) is 0 Å². The van der Waals surface area contributed by atoms with E-state index in [2.05, 4.69) is 19.2 Å². The molecule has 0 saturated carbocycles. The maximum absolute atomic E-state index is 12.9. The predicted molar refractivity (Wildman–Crippen MR) is 250 cm³/mol. The standard InChI is InChI=1S/C50H95NO15/c1-5-7-9-11-13-15-17-19-21-23-25-27-29-36(30-28-26-24-22-20-18-16-14-12-10-8-6-2)33-61-48-39(51-35(4)54)47(66-49-44(59)42(57)40(55)34(3)62-49)46(38(32-53)64-48)65-50-45(60)43(58)41(56)37(31-52)63-50/h34,36-50,52-53,55-60H,5-33H2,1-4H3,(H,51,54)/t34-,37-,38-,39-,40+,41+,42+,43+,44-,45-,46-,47-,48-,49-,50+/m1/s1. The van der Waals surface area contributed by atoms with Gasteiger partial charge in [0.25, 0.3) is 0 Å². The molecular weight excluding hydrogens is 855 g/mol. The third kappa shape index (κ3) is 20.7. The predicted octanol–water partition coefficient (Wildman–Crippen LogP) is 5.42. The van der Waals surface area contributed by atoms with Crippen LogP contribution in [0.25, 0.3) is 0 Å². The monoisotopic (exact) mass is 950 g/mol. The first-order valence-electron chi connectivity index (χ1n) is 26.3. The summed E-state index contributed by atoms with van der Waals surface area (Å²) in [4.78, 5) is 12.9. The Morgan fingerprint density at radius 3 is 1.33 bits per heavy atom. The van der Waals surface area contributed by atoms with Crippen LogP contribution in [0.2, 0.25) is 0 Å². The molecule has 3 rings (SSSR count). The Morgan fingerprint density at radius 2 is 0.894 bits per heavy atom. The second kappa shape index (κ2) is 34.3. The minimum Gasteiger partial charge on any atom is -0.394 e. The maximum Gasteiger partial charge on any atom is 0.217 e. The van der Waals surface area contributed by atoms with Gasteiger partial charge in [0.15, 0.2) is 18.9 Å². The molecule has 16 heteroatoms. The van der Waals surface area contributed by atoms with Gasteiger partial charge < -0.3 is 74.6 Å². The fraction of sp³-hybridized carbons (Fsp3) is 0.980. The van der Waals surface area contributed by atoms with Crippen LogP contribution in [0.4, 0.5) is 0 Å². The summed E-state index contributed by atoms with van der Waals surface area (Å²) >= 11 is 0. The number of unbranched alkanes of at least 4 members (excludes halogenated alkanes) is 22. The van der Waals surface area contributed by atoms with Crippen LogP contribution in [0.15, 0.2) is 0 Å². The summed E-state index contributed by atoms with van der Waals surface area (Å²) in [6.07, 6.45) is 11.0. The van der Waals surface area contributed by atoms with Crippen molar-refractivity contribution >= 4 is 5.91 Å². The molecule has 0 aromatic heterocycles.